The number of urea groups is 1. The Kier molecular flexibility index (Phi) is 8.88. The molecular formula is C26H31N3O7. The van der Waals surface area contributed by atoms with E-state index in [1.54, 1.807) is 0 Å². The van der Waals surface area contributed by atoms with Crippen LogP contribution in [-0.2, 0) is 14.3 Å². The number of fused-ring (bicyclic) bond motifs is 3. The molecule has 10 heteroatoms. The van der Waals surface area contributed by atoms with Gasteiger partial charge < -0.3 is 30.9 Å². The molecule has 3 atom stereocenters. The minimum absolute atomic E-state index is 0.107. The summed E-state index contributed by atoms with van der Waals surface area (Å²) in [4.78, 5) is 47.2. The van der Waals surface area contributed by atoms with Gasteiger partial charge in [0.05, 0.1) is 0 Å². The second-order valence-electron chi connectivity index (χ2n) is 8.77. The SMILES string of the molecule is CC[C@@H](C)[C@@H](NC(=O)N[C@@H](CCC(=O)O)C(=O)O)NC(=O)OCC1c2ccccc2-c2ccccc21. The molecule has 0 fully saturated rings. The molecule has 0 bridgehead atoms. The topological polar surface area (TPSA) is 154 Å². The van der Waals surface area contributed by atoms with Gasteiger partial charge in [-0.05, 0) is 41.0 Å². The fraction of sp³-hybridized carbons (Fsp3) is 0.385. The lowest BCUT2D eigenvalue weighted by atomic mass is 9.98. The number of carbonyl (C=O) groups excluding carboxylic acids is 2. The molecule has 1 aliphatic rings. The van der Waals surface area contributed by atoms with E-state index in [0.29, 0.717) is 6.42 Å². The van der Waals surface area contributed by atoms with Crippen molar-refractivity contribution in [2.75, 3.05) is 6.61 Å². The molecule has 0 aliphatic heterocycles. The molecule has 3 rings (SSSR count). The number of aliphatic carboxylic acids is 2. The van der Waals surface area contributed by atoms with E-state index in [0.717, 1.165) is 22.3 Å². The van der Waals surface area contributed by atoms with Crippen molar-refractivity contribution < 1.29 is 34.1 Å². The van der Waals surface area contributed by atoms with Crippen LogP contribution in [0.3, 0.4) is 0 Å². The van der Waals surface area contributed by atoms with E-state index in [-0.39, 0.29) is 24.9 Å². The maximum Gasteiger partial charge on any atom is 0.408 e. The number of nitrogens with one attached hydrogen (secondary N) is 3. The lowest BCUT2D eigenvalue weighted by Gasteiger charge is -2.26. The lowest BCUT2D eigenvalue weighted by Crippen LogP contribution is -2.56. The molecule has 10 nitrogen and oxygen atoms in total. The zero-order valence-electron chi connectivity index (χ0n) is 20.2. The van der Waals surface area contributed by atoms with E-state index < -0.39 is 42.7 Å². The summed E-state index contributed by atoms with van der Waals surface area (Å²) in [5.74, 6) is -2.83. The Morgan fingerprint density at radius 3 is 2.03 bits per heavy atom. The molecular weight excluding hydrogens is 466 g/mol. The van der Waals surface area contributed by atoms with Crippen molar-refractivity contribution in [2.24, 2.45) is 5.92 Å². The smallest absolute Gasteiger partial charge is 0.408 e. The van der Waals surface area contributed by atoms with Gasteiger partial charge in [0.2, 0.25) is 0 Å². The molecule has 36 heavy (non-hydrogen) atoms. The van der Waals surface area contributed by atoms with Crippen molar-refractivity contribution >= 4 is 24.1 Å². The standard InChI is InChI=1S/C26H31N3O7/c1-3-15(2)23(28-25(34)27-21(24(32)33)12-13-22(30)31)29-26(35)36-14-20-18-10-6-4-8-16(18)17-9-5-7-11-19(17)20/h4-11,15,20-21,23H,3,12-14H2,1-2H3,(H,29,35)(H,30,31)(H,32,33)(H2,27,28,34)/t15-,21+,23+/m1/s1. The predicted octanol–water partition coefficient (Wildman–Crippen LogP) is 3.51. The van der Waals surface area contributed by atoms with E-state index in [9.17, 15) is 24.3 Å². The number of carboxylic acid groups (broad SMARTS) is 2. The van der Waals surface area contributed by atoms with Crippen LogP contribution in [0.1, 0.15) is 50.2 Å². The molecule has 192 valence electrons. The lowest BCUT2D eigenvalue weighted by molar-refractivity contribution is -0.140. The van der Waals surface area contributed by atoms with Crippen molar-refractivity contribution in [2.45, 2.75) is 51.2 Å². The van der Waals surface area contributed by atoms with Gasteiger partial charge >= 0.3 is 24.1 Å². The van der Waals surface area contributed by atoms with Crippen LogP contribution >= 0.6 is 0 Å². The summed E-state index contributed by atoms with van der Waals surface area (Å²) < 4.78 is 5.55. The van der Waals surface area contributed by atoms with E-state index >= 15 is 0 Å². The zero-order chi connectivity index (χ0) is 26.2. The Bertz CT molecular complexity index is 1070. The minimum atomic E-state index is -1.38. The highest BCUT2D eigenvalue weighted by atomic mass is 16.5. The first-order chi connectivity index (χ1) is 17.2. The number of benzene rings is 2. The fourth-order valence-corrected chi connectivity index (χ4v) is 4.19. The van der Waals surface area contributed by atoms with Gasteiger partial charge in [-0.2, -0.15) is 0 Å². The molecule has 0 saturated heterocycles. The van der Waals surface area contributed by atoms with Crippen molar-refractivity contribution in [3.8, 4) is 11.1 Å². The summed E-state index contributed by atoms with van der Waals surface area (Å²) in [5, 5.41) is 25.5. The second kappa shape index (κ2) is 12.1. The van der Waals surface area contributed by atoms with Gasteiger partial charge in [-0.15, -0.1) is 0 Å². The van der Waals surface area contributed by atoms with Gasteiger partial charge in [0.1, 0.15) is 18.8 Å². The van der Waals surface area contributed by atoms with E-state index in [4.69, 9.17) is 9.84 Å². The molecule has 0 spiro atoms. The highest BCUT2D eigenvalue weighted by Gasteiger charge is 2.30. The minimum Gasteiger partial charge on any atom is -0.481 e. The molecule has 0 aromatic heterocycles. The third-order valence-corrected chi connectivity index (χ3v) is 6.37. The number of hydrogen-bond donors (Lipinski definition) is 5. The number of alkyl carbamates (subject to hydrolysis) is 1. The third kappa shape index (κ3) is 6.53. The Labute approximate surface area is 209 Å². The van der Waals surface area contributed by atoms with Crippen LogP contribution < -0.4 is 16.0 Å². The first-order valence-corrected chi connectivity index (χ1v) is 11.8. The molecule has 0 radical (unpaired) electrons. The number of ether oxygens (including phenoxy) is 1. The monoisotopic (exact) mass is 497 g/mol. The third-order valence-electron chi connectivity index (χ3n) is 6.37. The van der Waals surface area contributed by atoms with Gasteiger partial charge in [-0.3, -0.25) is 4.79 Å². The summed E-state index contributed by atoms with van der Waals surface area (Å²) >= 11 is 0. The van der Waals surface area contributed by atoms with Crippen molar-refractivity contribution in [1.29, 1.82) is 0 Å². The van der Waals surface area contributed by atoms with Gasteiger partial charge in [0.15, 0.2) is 0 Å². The van der Waals surface area contributed by atoms with Gasteiger partial charge in [0.25, 0.3) is 0 Å². The number of rotatable bonds is 11. The normalized spacial score (nSPS) is 14.5. The Balaban J connectivity index is 1.61. The molecule has 1 aliphatic carbocycles. The highest BCUT2D eigenvalue weighted by molar-refractivity contribution is 5.83. The van der Waals surface area contributed by atoms with Crippen LogP contribution in [-0.4, -0.2) is 53.1 Å². The average molecular weight is 498 g/mol. The molecule has 0 heterocycles. The number of carboxylic acids is 2. The molecule has 5 N–H and O–H groups in total. The van der Waals surface area contributed by atoms with Crippen molar-refractivity contribution in [1.82, 2.24) is 16.0 Å². The van der Waals surface area contributed by atoms with E-state index in [2.05, 4.69) is 16.0 Å². The fourth-order valence-electron chi connectivity index (χ4n) is 4.19. The largest absolute Gasteiger partial charge is 0.481 e. The highest BCUT2D eigenvalue weighted by Crippen LogP contribution is 2.44. The Morgan fingerprint density at radius 1 is 0.917 bits per heavy atom. The molecule has 2 aromatic rings. The van der Waals surface area contributed by atoms with Crippen LogP contribution in [0.25, 0.3) is 11.1 Å². The quantitative estimate of drug-likeness (QED) is 0.298. The van der Waals surface area contributed by atoms with Gasteiger partial charge in [-0.1, -0.05) is 62.4 Å². The molecule has 3 amide bonds. The van der Waals surface area contributed by atoms with Gasteiger partial charge in [0, 0.05) is 12.3 Å². The van der Waals surface area contributed by atoms with Crippen LogP contribution in [0, 0.1) is 5.92 Å². The first-order valence-electron chi connectivity index (χ1n) is 11.8. The Morgan fingerprint density at radius 2 is 1.50 bits per heavy atom. The number of amides is 3. The maximum atomic E-state index is 12.7. The number of hydrogen-bond acceptors (Lipinski definition) is 5. The summed E-state index contributed by atoms with van der Waals surface area (Å²) in [6, 6.07) is 13.7. The summed E-state index contributed by atoms with van der Waals surface area (Å²) in [6.45, 7) is 3.80. The Hall–Kier alpha value is -4.08. The van der Waals surface area contributed by atoms with Crippen LogP contribution in [0.2, 0.25) is 0 Å². The second-order valence-corrected chi connectivity index (χ2v) is 8.77. The van der Waals surface area contributed by atoms with Crippen molar-refractivity contribution in [3.63, 3.8) is 0 Å². The summed E-state index contributed by atoms with van der Waals surface area (Å²) in [5.41, 5.74) is 4.36. The van der Waals surface area contributed by atoms with Crippen molar-refractivity contribution in [3.05, 3.63) is 59.7 Å². The van der Waals surface area contributed by atoms with Crippen LogP contribution in [0.5, 0.6) is 0 Å². The van der Waals surface area contributed by atoms with E-state index in [1.165, 1.54) is 0 Å². The van der Waals surface area contributed by atoms with Gasteiger partial charge in [-0.25, -0.2) is 14.4 Å². The summed E-state index contributed by atoms with van der Waals surface area (Å²) in [7, 11) is 0. The first kappa shape index (κ1) is 26.5. The molecule has 0 unspecified atom stereocenters. The maximum absolute atomic E-state index is 12.7. The molecule has 2 aromatic carbocycles. The molecule has 0 saturated carbocycles. The summed E-state index contributed by atoms with van der Waals surface area (Å²) in [6.07, 6.45) is -1.63. The zero-order valence-corrected chi connectivity index (χ0v) is 20.2. The van der Waals surface area contributed by atoms with E-state index in [1.807, 2.05) is 62.4 Å². The average Bonchev–Trinajstić information content (AvgIpc) is 3.17. The van der Waals surface area contributed by atoms with Crippen LogP contribution in [0.4, 0.5) is 9.59 Å². The number of carbonyl (C=O) groups is 4. The predicted molar refractivity (Wildman–Crippen MR) is 131 cm³/mol. The van der Waals surface area contributed by atoms with Crippen LogP contribution in [0.15, 0.2) is 48.5 Å².